The Morgan fingerprint density at radius 1 is 1.18 bits per heavy atom. The molecule has 1 unspecified atom stereocenters. The molecule has 3 rings (SSSR count). The number of amides is 1. The fraction of sp³-hybridized carbons (Fsp3) is 0.278. The van der Waals surface area contributed by atoms with E-state index in [1.807, 2.05) is 54.6 Å². The lowest BCUT2D eigenvalue weighted by Crippen LogP contribution is -2.31. The van der Waals surface area contributed by atoms with Crippen LogP contribution in [0.5, 0.6) is 0 Å². The quantitative estimate of drug-likeness (QED) is 0.878. The average molecular weight is 296 g/mol. The monoisotopic (exact) mass is 296 g/mol. The molecule has 0 radical (unpaired) electrons. The van der Waals surface area contributed by atoms with Gasteiger partial charge in [0.05, 0.1) is 6.04 Å². The van der Waals surface area contributed by atoms with Crippen LogP contribution < -0.4 is 5.73 Å². The van der Waals surface area contributed by atoms with Gasteiger partial charge in [-0.2, -0.15) is 0 Å². The SMILES string of the molecule is Nc1cccc(C2CCCN2C(=O)OCc2ccccc2)c1. The fourth-order valence-corrected chi connectivity index (χ4v) is 2.90. The molecular weight excluding hydrogens is 276 g/mol. The minimum atomic E-state index is -0.256. The van der Waals surface area contributed by atoms with Crippen LogP contribution in [-0.4, -0.2) is 17.5 Å². The highest BCUT2D eigenvalue weighted by Gasteiger charge is 2.31. The minimum absolute atomic E-state index is 0.0618. The lowest BCUT2D eigenvalue weighted by atomic mass is 10.0. The number of benzene rings is 2. The highest BCUT2D eigenvalue weighted by molar-refractivity contribution is 5.69. The van der Waals surface area contributed by atoms with Crippen LogP contribution in [0.1, 0.15) is 30.0 Å². The maximum absolute atomic E-state index is 12.4. The first-order valence-corrected chi connectivity index (χ1v) is 7.57. The zero-order valence-electron chi connectivity index (χ0n) is 12.4. The topological polar surface area (TPSA) is 55.6 Å². The normalized spacial score (nSPS) is 17.5. The average Bonchev–Trinajstić information content (AvgIpc) is 3.03. The second kappa shape index (κ2) is 6.52. The number of likely N-dealkylation sites (tertiary alicyclic amines) is 1. The second-order valence-corrected chi connectivity index (χ2v) is 5.56. The summed E-state index contributed by atoms with van der Waals surface area (Å²) in [6.07, 6.45) is 1.68. The molecular formula is C18H20N2O2. The summed E-state index contributed by atoms with van der Waals surface area (Å²) in [5.41, 5.74) is 8.65. The maximum atomic E-state index is 12.4. The number of nitrogen functional groups attached to an aromatic ring is 1. The Morgan fingerprint density at radius 2 is 2.00 bits per heavy atom. The summed E-state index contributed by atoms with van der Waals surface area (Å²) < 4.78 is 5.45. The van der Waals surface area contributed by atoms with Gasteiger partial charge in [-0.1, -0.05) is 42.5 Å². The number of ether oxygens (including phenoxy) is 1. The lowest BCUT2D eigenvalue weighted by Gasteiger charge is -2.24. The van der Waals surface area contributed by atoms with Crippen molar-refractivity contribution >= 4 is 11.8 Å². The van der Waals surface area contributed by atoms with E-state index >= 15 is 0 Å². The Morgan fingerprint density at radius 3 is 2.77 bits per heavy atom. The van der Waals surface area contributed by atoms with Crippen LogP contribution in [0.2, 0.25) is 0 Å². The van der Waals surface area contributed by atoms with Gasteiger partial charge in [-0.15, -0.1) is 0 Å². The Hall–Kier alpha value is -2.49. The van der Waals surface area contributed by atoms with Crippen LogP contribution in [0.15, 0.2) is 54.6 Å². The fourth-order valence-electron chi connectivity index (χ4n) is 2.90. The van der Waals surface area contributed by atoms with Crippen molar-refractivity contribution in [1.29, 1.82) is 0 Å². The van der Waals surface area contributed by atoms with Gasteiger partial charge < -0.3 is 15.4 Å². The zero-order chi connectivity index (χ0) is 15.4. The summed E-state index contributed by atoms with van der Waals surface area (Å²) in [7, 11) is 0. The Bertz CT molecular complexity index is 643. The van der Waals surface area contributed by atoms with E-state index in [4.69, 9.17) is 10.5 Å². The van der Waals surface area contributed by atoms with Crippen molar-refractivity contribution in [3.8, 4) is 0 Å². The molecule has 1 aliphatic heterocycles. The number of nitrogens with zero attached hydrogens (tertiary/aromatic N) is 1. The van der Waals surface area contributed by atoms with Crippen LogP contribution in [0.3, 0.4) is 0 Å². The number of carbonyl (C=O) groups is 1. The molecule has 114 valence electrons. The van der Waals surface area contributed by atoms with Crippen LogP contribution >= 0.6 is 0 Å². The molecule has 1 saturated heterocycles. The first kappa shape index (κ1) is 14.4. The van der Waals surface area contributed by atoms with E-state index in [9.17, 15) is 4.79 Å². The Labute approximate surface area is 130 Å². The molecule has 1 heterocycles. The predicted molar refractivity (Wildman–Crippen MR) is 86.2 cm³/mol. The Balaban J connectivity index is 1.66. The molecule has 0 aromatic heterocycles. The molecule has 2 N–H and O–H groups in total. The zero-order valence-corrected chi connectivity index (χ0v) is 12.4. The van der Waals surface area contributed by atoms with E-state index in [0.29, 0.717) is 6.61 Å². The number of rotatable bonds is 3. The first-order valence-electron chi connectivity index (χ1n) is 7.57. The summed E-state index contributed by atoms with van der Waals surface area (Å²) in [6, 6.07) is 17.5. The van der Waals surface area contributed by atoms with Crippen LogP contribution in [-0.2, 0) is 11.3 Å². The van der Waals surface area contributed by atoms with Gasteiger partial charge in [-0.25, -0.2) is 4.79 Å². The maximum Gasteiger partial charge on any atom is 0.410 e. The summed E-state index contributed by atoms with van der Waals surface area (Å²) in [5, 5.41) is 0. The highest BCUT2D eigenvalue weighted by atomic mass is 16.6. The van der Waals surface area contributed by atoms with E-state index in [0.717, 1.165) is 36.2 Å². The van der Waals surface area contributed by atoms with Crippen molar-refractivity contribution in [2.75, 3.05) is 12.3 Å². The van der Waals surface area contributed by atoms with Crippen molar-refractivity contribution in [1.82, 2.24) is 4.90 Å². The third-order valence-corrected chi connectivity index (χ3v) is 3.99. The molecule has 2 aromatic rings. The highest BCUT2D eigenvalue weighted by Crippen LogP contribution is 2.33. The largest absolute Gasteiger partial charge is 0.445 e. The smallest absolute Gasteiger partial charge is 0.410 e. The summed E-state index contributed by atoms with van der Waals surface area (Å²) in [6.45, 7) is 1.03. The summed E-state index contributed by atoms with van der Waals surface area (Å²) >= 11 is 0. The van der Waals surface area contributed by atoms with Crippen LogP contribution in [0.4, 0.5) is 10.5 Å². The number of hydrogen-bond donors (Lipinski definition) is 1. The van der Waals surface area contributed by atoms with Crippen molar-refractivity contribution in [2.45, 2.75) is 25.5 Å². The van der Waals surface area contributed by atoms with Crippen molar-refractivity contribution < 1.29 is 9.53 Å². The molecule has 0 bridgehead atoms. The molecule has 4 nitrogen and oxygen atoms in total. The molecule has 0 saturated carbocycles. The van der Waals surface area contributed by atoms with Gasteiger partial charge in [0.25, 0.3) is 0 Å². The Kier molecular flexibility index (Phi) is 4.28. The number of anilines is 1. The summed E-state index contributed by atoms with van der Waals surface area (Å²) in [4.78, 5) is 14.2. The number of carbonyl (C=O) groups excluding carboxylic acids is 1. The molecule has 4 heteroatoms. The van der Waals surface area contributed by atoms with Crippen molar-refractivity contribution in [2.24, 2.45) is 0 Å². The third-order valence-electron chi connectivity index (χ3n) is 3.99. The van der Waals surface area contributed by atoms with Crippen molar-refractivity contribution in [3.05, 3.63) is 65.7 Å². The molecule has 2 aromatic carbocycles. The van der Waals surface area contributed by atoms with Gasteiger partial charge in [-0.05, 0) is 36.1 Å². The van der Waals surface area contributed by atoms with E-state index in [1.54, 1.807) is 4.90 Å². The van der Waals surface area contributed by atoms with Crippen molar-refractivity contribution in [3.63, 3.8) is 0 Å². The van der Waals surface area contributed by atoms with Gasteiger partial charge in [0.1, 0.15) is 6.61 Å². The number of hydrogen-bond acceptors (Lipinski definition) is 3. The van der Waals surface area contributed by atoms with E-state index < -0.39 is 0 Å². The number of nitrogens with two attached hydrogens (primary N) is 1. The molecule has 1 fully saturated rings. The van der Waals surface area contributed by atoms with Crippen LogP contribution in [0, 0.1) is 0 Å². The van der Waals surface area contributed by atoms with Gasteiger partial charge in [0.2, 0.25) is 0 Å². The van der Waals surface area contributed by atoms with E-state index in [1.165, 1.54) is 0 Å². The predicted octanol–water partition coefficient (Wildman–Crippen LogP) is 3.74. The molecule has 0 spiro atoms. The molecule has 1 amide bonds. The van der Waals surface area contributed by atoms with Gasteiger partial charge >= 0.3 is 6.09 Å². The minimum Gasteiger partial charge on any atom is -0.445 e. The van der Waals surface area contributed by atoms with E-state index in [2.05, 4.69) is 0 Å². The summed E-state index contributed by atoms with van der Waals surface area (Å²) in [5.74, 6) is 0. The van der Waals surface area contributed by atoms with Crippen LogP contribution in [0.25, 0.3) is 0 Å². The standard InChI is InChI=1S/C18H20N2O2/c19-16-9-4-8-15(12-16)17-10-5-11-20(17)18(21)22-13-14-6-2-1-3-7-14/h1-4,6-9,12,17H,5,10-11,13,19H2. The van der Waals surface area contributed by atoms with Gasteiger partial charge in [0.15, 0.2) is 0 Å². The third kappa shape index (κ3) is 3.22. The molecule has 0 aliphatic carbocycles. The lowest BCUT2D eigenvalue weighted by molar-refractivity contribution is 0.0921. The molecule has 1 aliphatic rings. The first-order chi connectivity index (χ1) is 10.7. The van der Waals surface area contributed by atoms with E-state index in [-0.39, 0.29) is 12.1 Å². The van der Waals surface area contributed by atoms with Gasteiger partial charge in [0, 0.05) is 12.2 Å². The second-order valence-electron chi connectivity index (χ2n) is 5.56. The van der Waals surface area contributed by atoms with Gasteiger partial charge in [-0.3, -0.25) is 0 Å². The molecule has 1 atom stereocenters. The molecule has 22 heavy (non-hydrogen) atoms.